The molecule has 1 N–H and O–H groups in total. The van der Waals surface area contributed by atoms with E-state index in [0.29, 0.717) is 30.2 Å². The lowest BCUT2D eigenvalue weighted by Gasteiger charge is -2.20. The van der Waals surface area contributed by atoms with E-state index in [1.165, 1.54) is 0 Å². The predicted molar refractivity (Wildman–Crippen MR) is 113 cm³/mol. The Kier molecular flexibility index (Phi) is 6.74. The van der Waals surface area contributed by atoms with Crippen LogP contribution >= 0.6 is 11.6 Å². The monoisotopic (exact) mass is 398 g/mol. The van der Waals surface area contributed by atoms with Crippen LogP contribution in [0.15, 0.2) is 48.5 Å². The molecule has 0 aliphatic carbocycles. The third kappa shape index (κ3) is 4.56. The van der Waals surface area contributed by atoms with Crippen LogP contribution in [0.3, 0.4) is 0 Å². The standard InChI is InChI=1S/C23H27ClN2O2/c1-3-4-13-25-22(27)21-15-26(23(28)17-9-11-18(24)12-10-17)14-20(21)19-8-6-5-7-16(19)2/h5-12,20-21H,3-4,13-15H2,1-2H3,(H,25,27). The summed E-state index contributed by atoms with van der Waals surface area (Å²) in [6.45, 7) is 5.81. The molecule has 2 aromatic carbocycles. The number of hydrogen-bond acceptors (Lipinski definition) is 2. The van der Waals surface area contributed by atoms with Crippen molar-refractivity contribution in [2.75, 3.05) is 19.6 Å². The minimum absolute atomic E-state index is 0.000855. The van der Waals surface area contributed by atoms with E-state index in [-0.39, 0.29) is 23.7 Å². The highest BCUT2D eigenvalue weighted by atomic mass is 35.5. The van der Waals surface area contributed by atoms with Crippen molar-refractivity contribution in [2.45, 2.75) is 32.6 Å². The second-order valence-corrected chi connectivity index (χ2v) is 7.87. The van der Waals surface area contributed by atoms with Crippen molar-refractivity contribution in [3.05, 3.63) is 70.2 Å². The topological polar surface area (TPSA) is 49.4 Å². The number of nitrogens with zero attached hydrogens (tertiary/aromatic N) is 1. The molecule has 2 unspecified atom stereocenters. The molecule has 2 amide bonds. The quantitative estimate of drug-likeness (QED) is 0.732. The molecule has 2 aromatic rings. The molecule has 148 valence electrons. The van der Waals surface area contributed by atoms with E-state index in [1.807, 2.05) is 12.1 Å². The molecular formula is C23H27ClN2O2. The van der Waals surface area contributed by atoms with Gasteiger partial charge in [0, 0.05) is 36.1 Å². The van der Waals surface area contributed by atoms with Gasteiger partial charge >= 0.3 is 0 Å². The average Bonchev–Trinajstić information content (AvgIpc) is 3.14. The Labute approximate surface area is 171 Å². The van der Waals surface area contributed by atoms with Gasteiger partial charge in [0.2, 0.25) is 5.91 Å². The lowest BCUT2D eigenvalue weighted by Crippen LogP contribution is -2.36. The smallest absolute Gasteiger partial charge is 0.253 e. The Morgan fingerprint density at radius 2 is 1.82 bits per heavy atom. The van der Waals surface area contributed by atoms with Gasteiger partial charge in [-0.25, -0.2) is 0 Å². The Bertz CT molecular complexity index is 835. The number of hydrogen-bond donors (Lipinski definition) is 1. The van der Waals surface area contributed by atoms with E-state index in [9.17, 15) is 9.59 Å². The van der Waals surface area contributed by atoms with E-state index in [2.05, 4.69) is 31.3 Å². The lowest BCUT2D eigenvalue weighted by atomic mass is 9.86. The Balaban J connectivity index is 1.83. The second kappa shape index (κ2) is 9.24. The highest BCUT2D eigenvalue weighted by molar-refractivity contribution is 6.30. The number of carbonyl (C=O) groups is 2. The normalized spacial score (nSPS) is 18.9. The number of rotatable bonds is 6. The van der Waals surface area contributed by atoms with Crippen LogP contribution in [-0.2, 0) is 4.79 Å². The maximum Gasteiger partial charge on any atom is 0.253 e. The molecule has 3 rings (SSSR count). The van der Waals surface area contributed by atoms with Crippen LogP contribution < -0.4 is 5.32 Å². The van der Waals surface area contributed by atoms with Crippen molar-refractivity contribution in [2.24, 2.45) is 5.92 Å². The van der Waals surface area contributed by atoms with Crippen molar-refractivity contribution >= 4 is 23.4 Å². The van der Waals surface area contributed by atoms with Crippen molar-refractivity contribution in [3.63, 3.8) is 0 Å². The summed E-state index contributed by atoms with van der Waals surface area (Å²) in [5, 5.41) is 3.66. The maximum absolute atomic E-state index is 13.0. The van der Waals surface area contributed by atoms with Gasteiger partial charge in [-0.05, 0) is 48.7 Å². The summed E-state index contributed by atoms with van der Waals surface area (Å²) >= 11 is 5.94. The first-order chi connectivity index (χ1) is 13.5. The van der Waals surface area contributed by atoms with Gasteiger partial charge in [-0.3, -0.25) is 9.59 Å². The highest BCUT2D eigenvalue weighted by Crippen LogP contribution is 2.35. The predicted octanol–water partition coefficient (Wildman–Crippen LogP) is 4.42. The zero-order valence-electron chi connectivity index (χ0n) is 16.5. The summed E-state index contributed by atoms with van der Waals surface area (Å²) in [7, 11) is 0. The summed E-state index contributed by atoms with van der Waals surface area (Å²) in [5.41, 5.74) is 2.89. The summed E-state index contributed by atoms with van der Waals surface area (Å²) in [6, 6.07) is 15.0. The number of unbranched alkanes of at least 4 members (excludes halogenated alkanes) is 1. The fraction of sp³-hybridized carbons (Fsp3) is 0.391. The third-order valence-electron chi connectivity index (χ3n) is 5.45. The van der Waals surface area contributed by atoms with Gasteiger partial charge in [-0.15, -0.1) is 0 Å². The van der Waals surface area contributed by atoms with E-state index >= 15 is 0 Å². The first-order valence-electron chi connectivity index (χ1n) is 9.89. The minimum atomic E-state index is -0.241. The van der Waals surface area contributed by atoms with E-state index in [1.54, 1.807) is 29.2 Å². The van der Waals surface area contributed by atoms with Gasteiger partial charge in [-0.1, -0.05) is 49.2 Å². The molecule has 0 radical (unpaired) electrons. The first-order valence-corrected chi connectivity index (χ1v) is 10.3. The van der Waals surface area contributed by atoms with Gasteiger partial charge in [0.15, 0.2) is 0 Å². The Morgan fingerprint density at radius 1 is 1.11 bits per heavy atom. The maximum atomic E-state index is 13.0. The van der Waals surface area contributed by atoms with Crippen LogP contribution in [0.4, 0.5) is 0 Å². The van der Waals surface area contributed by atoms with Crippen LogP contribution in [0, 0.1) is 12.8 Å². The molecule has 1 aliphatic rings. The molecule has 2 atom stereocenters. The Morgan fingerprint density at radius 3 is 2.50 bits per heavy atom. The molecular weight excluding hydrogens is 372 g/mol. The van der Waals surface area contributed by atoms with E-state index < -0.39 is 0 Å². The summed E-state index contributed by atoms with van der Waals surface area (Å²) in [5.74, 6) is -0.263. The molecule has 28 heavy (non-hydrogen) atoms. The third-order valence-corrected chi connectivity index (χ3v) is 5.70. The summed E-state index contributed by atoms with van der Waals surface area (Å²) < 4.78 is 0. The number of benzene rings is 2. The van der Waals surface area contributed by atoms with Gasteiger partial charge < -0.3 is 10.2 Å². The van der Waals surface area contributed by atoms with Crippen LogP contribution in [-0.4, -0.2) is 36.3 Å². The van der Waals surface area contributed by atoms with Gasteiger partial charge in [0.1, 0.15) is 0 Å². The van der Waals surface area contributed by atoms with Crippen molar-refractivity contribution in [1.82, 2.24) is 10.2 Å². The Hall–Kier alpha value is -2.33. The number of carbonyl (C=O) groups excluding carboxylic acids is 2. The molecule has 4 nitrogen and oxygen atoms in total. The number of aryl methyl sites for hydroxylation is 1. The fourth-order valence-corrected chi connectivity index (χ4v) is 3.97. The van der Waals surface area contributed by atoms with Gasteiger partial charge in [0.05, 0.1) is 5.92 Å². The van der Waals surface area contributed by atoms with Crippen LogP contribution in [0.5, 0.6) is 0 Å². The second-order valence-electron chi connectivity index (χ2n) is 7.43. The molecule has 0 spiro atoms. The zero-order valence-corrected chi connectivity index (χ0v) is 17.2. The molecule has 1 saturated heterocycles. The minimum Gasteiger partial charge on any atom is -0.356 e. The van der Waals surface area contributed by atoms with Crippen LogP contribution in [0.2, 0.25) is 5.02 Å². The first kappa shape index (κ1) is 20.4. The fourth-order valence-electron chi connectivity index (χ4n) is 3.85. The molecule has 1 aliphatic heterocycles. The average molecular weight is 399 g/mol. The number of nitrogens with one attached hydrogen (secondary N) is 1. The van der Waals surface area contributed by atoms with E-state index in [4.69, 9.17) is 11.6 Å². The lowest BCUT2D eigenvalue weighted by molar-refractivity contribution is -0.124. The molecule has 1 heterocycles. The number of amides is 2. The largest absolute Gasteiger partial charge is 0.356 e. The molecule has 0 bridgehead atoms. The van der Waals surface area contributed by atoms with Crippen molar-refractivity contribution in [3.8, 4) is 0 Å². The summed E-state index contributed by atoms with van der Waals surface area (Å²) in [6.07, 6.45) is 1.99. The molecule has 1 fully saturated rings. The molecule has 0 saturated carbocycles. The summed E-state index contributed by atoms with van der Waals surface area (Å²) in [4.78, 5) is 27.7. The van der Waals surface area contributed by atoms with Crippen LogP contribution in [0.25, 0.3) is 0 Å². The number of likely N-dealkylation sites (tertiary alicyclic amines) is 1. The van der Waals surface area contributed by atoms with Gasteiger partial charge in [-0.2, -0.15) is 0 Å². The van der Waals surface area contributed by atoms with Gasteiger partial charge in [0.25, 0.3) is 5.91 Å². The zero-order chi connectivity index (χ0) is 20.1. The molecule has 5 heteroatoms. The van der Waals surface area contributed by atoms with Crippen LogP contribution in [0.1, 0.15) is 47.2 Å². The highest BCUT2D eigenvalue weighted by Gasteiger charge is 2.40. The van der Waals surface area contributed by atoms with Crippen molar-refractivity contribution in [1.29, 1.82) is 0 Å². The van der Waals surface area contributed by atoms with E-state index in [0.717, 1.165) is 24.0 Å². The molecule has 0 aromatic heterocycles. The number of halogens is 1. The van der Waals surface area contributed by atoms with Crippen molar-refractivity contribution < 1.29 is 9.59 Å². The SMILES string of the molecule is CCCCNC(=O)C1CN(C(=O)c2ccc(Cl)cc2)CC1c1ccccc1C.